The van der Waals surface area contributed by atoms with Crippen LogP contribution in [0.25, 0.3) is 0 Å². The molecule has 0 aromatic carbocycles. The molecule has 0 aliphatic carbocycles. The van der Waals surface area contributed by atoms with Gasteiger partial charge in [-0.1, -0.05) is 13.3 Å². The summed E-state index contributed by atoms with van der Waals surface area (Å²) in [4.78, 5) is 18.1. The molecule has 5 heteroatoms. The van der Waals surface area contributed by atoms with Crippen LogP contribution in [-0.4, -0.2) is 34.0 Å². The first-order valence-electron chi connectivity index (χ1n) is 7.11. The molecule has 0 spiro atoms. The summed E-state index contributed by atoms with van der Waals surface area (Å²) in [6, 6.07) is 2.05. The van der Waals surface area contributed by atoms with Gasteiger partial charge in [0.1, 0.15) is 0 Å². The summed E-state index contributed by atoms with van der Waals surface area (Å²) in [6.07, 6.45) is 7.03. The second-order valence-electron chi connectivity index (χ2n) is 5.66. The van der Waals surface area contributed by atoms with Crippen molar-refractivity contribution in [1.29, 1.82) is 0 Å². The molecule has 1 aliphatic heterocycles. The summed E-state index contributed by atoms with van der Waals surface area (Å²) in [5.74, 6) is -0.642. The van der Waals surface area contributed by atoms with Crippen molar-refractivity contribution in [3.05, 3.63) is 28.5 Å². The number of piperidine rings is 1. The lowest BCUT2D eigenvalue weighted by molar-refractivity contribution is -0.153. The fraction of sp³-hybridized carbons (Fsp3) is 0.600. The smallest absolute Gasteiger partial charge is 0.310 e. The van der Waals surface area contributed by atoms with Crippen LogP contribution in [0.4, 0.5) is 0 Å². The highest BCUT2D eigenvalue weighted by atomic mass is 79.9. The van der Waals surface area contributed by atoms with E-state index in [1.54, 1.807) is 6.20 Å². The Morgan fingerprint density at radius 2 is 2.35 bits per heavy atom. The molecule has 2 heterocycles. The molecule has 4 nitrogen and oxygen atoms in total. The SMILES string of the molecule is CCCC1(C(=O)O)CCCN(Cc2cncc(Br)c2)C1. The molecule has 110 valence electrons. The van der Waals surface area contributed by atoms with Crippen molar-refractivity contribution in [3.63, 3.8) is 0 Å². The number of carboxylic acid groups (broad SMARTS) is 1. The number of halogens is 1. The van der Waals surface area contributed by atoms with Crippen LogP contribution in [0.2, 0.25) is 0 Å². The molecule has 0 amide bonds. The molecular weight excluding hydrogens is 320 g/mol. The second kappa shape index (κ2) is 6.68. The standard InChI is InChI=1S/C15H21BrN2O2/c1-2-4-15(14(19)20)5-3-6-18(11-15)10-12-7-13(16)9-17-8-12/h7-9H,2-6,10-11H2,1H3,(H,19,20). The topological polar surface area (TPSA) is 53.4 Å². The van der Waals surface area contributed by atoms with Crippen LogP contribution in [0.1, 0.15) is 38.2 Å². The summed E-state index contributed by atoms with van der Waals surface area (Å²) >= 11 is 3.42. The molecule has 0 bridgehead atoms. The van der Waals surface area contributed by atoms with Gasteiger partial charge in [0.15, 0.2) is 0 Å². The normalized spacial score (nSPS) is 23.7. The third-order valence-corrected chi connectivity index (χ3v) is 4.44. The van der Waals surface area contributed by atoms with E-state index in [0.29, 0.717) is 6.54 Å². The monoisotopic (exact) mass is 340 g/mol. The Hall–Kier alpha value is -0.940. The summed E-state index contributed by atoms with van der Waals surface area (Å²) in [5.41, 5.74) is 0.559. The van der Waals surface area contributed by atoms with Crippen LogP contribution in [0.15, 0.2) is 22.9 Å². The largest absolute Gasteiger partial charge is 0.481 e. The van der Waals surface area contributed by atoms with E-state index in [1.807, 2.05) is 12.3 Å². The molecule has 2 rings (SSSR count). The van der Waals surface area contributed by atoms with Crippen molar-refractivity contribution in [2.75, 3.05) is 13.1 Å². The number of nitrogens with zero attached hydrogens (tertiary/aromatic N) is 2. The van der Waals surface area contributed by atoms with Gasteiger partial charge in [-0.05, 0) is 53.4 Å². The average molecular weight is 341 g/mol. The van der Waals surface area contributed by atoms with Gasteiger partial charge in [-0.2, -0.15) is 0 Å². The molecule has 1 aromatic rings. The quantitative estimate of drug-likeness (QED) is 0.893. The first-order chi connectivity index (χ1) is 9.55. The van der Waals surface area contributed by atoms with E-state index in [9.17, 15) is 9.90 Å². The van der Waals surface area contributed by atoms with Gasteiger partial charge in [-0.15, -0.1) is 0 Å². The van der Waals surface area contributed by atoms with Crippen LogP contribution >= 0.6 is 15.9 Å². The Morgan fingerprint density at radius 1 is 1.55 bits per heavy atom. The minimum absolute atomic E-state index is 0.563. The summed E-state index contributed by atoms with van der Waals surface area (Å²) in [7, 11) is 0. The van der Waals surface area contributed by atoms with Crippen molar-refractivity contribution >= 4 is 21.9 Å². The number of aliphatic carboxylic acids is 1. The molecule has 20 heavy (non-hydrogen) atoms. The second-order valence-corrected chi connectivity index (χ2v) is 6.58. The Kier molecular flexibility index (Phi) is 5.16. The number of rotatable bonds is 5. The van der Waals surface area contributed by atoms with Crippen LogP contribution in [0, 0.1) is 5.41 Å². The summed E-state index contributed by atoms with van der Waals surface area (Å²) < 4.78 is 0.963. The number of aromatic nitrogens is 1. The zero-order chi connectivity index (χ0) is 14.6. The van der Waals surface area contributed by atoms with E-state index in [0.717, 1.165) is 48.8 Å². The van der Waals surface area contributed by atoms with E-state index >= 15 is 0 Å². The van der Waals surface area contributed by atoms with E-state index in [1.165, 1.54) is 0 Å². The highest BCUT2D eigenvalue weighted by Crippen LogP contribution is 2.35. The minimum atomic E-state index is -0.642. The fourth-order valence-corrected chi connectivity index (χ4v) is 3.54. The third kappa shape index (κ3) is 3.58. The Bertz CT molecular complexity index is 477. The zero-order valence-corrected chi connectivity index (χ0v) is 13.4. The van der Waals surface area contributed by atoms with Gasteiger partial charge >= 0.3 is 5.97 Å². The van der Waals surface area contributed by atoms with E-state index in [-0.39, 0.29) is 0 Å². The number of carboxylic acids is 1. The molecule has 1 N–H and O–H groups in total. The maximum atomic E-state index is 11.7. The summed E-state index contributed by atoms with van der Waals surface area (Å²) in [6.45, 7) is 4.43. The lowest BCUT2D eigenvalue weighted by atomic mass is 9.76. The molecule has 1 saturated heterocycles. The molecule has 0 saturated carbocycles. The number of carbonyl (C=O) groups is 1. The van der Waals surface area contributed by atoms with Crippen molar-refractivity contribution < 1.29 is 9.90 Å². The predicted octanol–water partition coefficient (Wildman–Crippen LogP) is 3.31. The first-order valence-corrected chi connectivity index (χ1v) is 7.90. The average Bonchev–Trinajstić information content (AvgIpc) is 2.39. The highest BCUT2D eigenvalue weighted by molar-refractivity contribution is 9.10. The molecular formula is C15H21BrN2O2. The molecule has 1 atom stereocenters. The van der Waals surface area contributed by atoms with Gasteiger partial charge in [-0.3, -0.25) is 14.7 Å². The van der Waals surface area contributed by atoms with Crippen LogP contribution in [-0.2, 0) is 11.3 Å². The predicted molar refractivity (Wildman–Crippen MR) is 81.4 cm³/mol. The number of hydrogen-bond acceptors (Lipinski definition) is 3. The zero-order valence-electron chi connectivity index (χ0n) is 11.8. The molecule has 1 fully saturated rings. The highest BCUT2D eigenvalue weighted by Gasteiger charge is 2.41. The van der Waals surface area contributed by atoms with E-state index in [2.05, 4.69) is 32.7 Å². The van der Waals surface area contributed by atoms with Crippen LogP contribution in [0.5, 0.6) is 0 Å². The van der Waals surface area contributed by atoms with Gasteiger partial charge in [-0.25, -0.2) is 0 Å². The van der Waals surface area contributed by atoms with Crippen molar-refractivity contribution in [2.45, 2.75) is 39.2 Å². The van der Waals surface area contributed by atoms with Crippen molar-refractivity contribution in [3.8, 4) is 0 Å². The molecule has 1 aliphatic rings. The van der Waals surface area contributed by atoms with Crippen molar-refractivity contribution in [2.24, 2.45) is 5.41 Å². The van der Waals surface area contributed by atoms with Crippen molar-refractivity contribution in [1.82, 2.24) is 9.88 Å². The van der Waals surface area contributed by atoms with E-state index < -0.39 is 11.4 Å². The van der Waals surface area contributed by atoms with Gasteiger partial charge in [0.25, 0.3) is 0 Å². The number of hydrogen-bond donors (Lipinski definition) is 1. The first kappa shape index (κ1) is 15.4. The minimum Gasteiger partial charge on any atom is -0.481 e. The Morgan fingerprint density at radius 3 is 3.00 bits per heavy atom. The van der Waals surface area contributed by atoms with E-state index in [4.69, 9.17) is 0 Å². The van der Waals surface area contributed by atoms with Gasteiger partial charge in [0, 0.05) is 30.0 Å². The maximum Gasteiger partial charge on any atom is 0.310 e. The van der Waals surface area contributed by atoms with Crippen LogP contribution < -0.4 is 0 Å². The van der Waals surface area contributed by atoms with Gasteiger partial charge in [0.05, 0.1) is 5.41 Å². The number of likely N-dealkylation sites (tertiary alicyclic amines) is 1. The molecule has 1 aromatic heterocycles. The summed E-state index contributed by atoms with van der Waals surface area (Å²) in [5, 5.41) is 9.60. The lowest BCUT2D eigenvalue weighted by Crippen LogP contribution is -2.47. The Balaban J connectivity index is 2.08. The lowest BCUT2D eigenvalue weighted by Gasteiger charge is -2.40. The molecule has 0 radical (unpaired) electrons. The Labute approximate surface area is 128 Å². The fourth-order valence-electron chi connectivity index (χ4n) is 3.13. The van der Waals surface area contributed by atoms with Gasteiger partial charge in [0.2, 0.25) is 0 Å². The molecule has 1 unspecified atom stereocenters. The van der Waals surface area contributed by atoms with Crippen LogP contribution in [0.3, 0.4) is 0 Å². The number of pyridine rings is 1. The van der Waals surface area contributed by atoms with Gasteiger partial charge < -0.3 is 5.11 Å². The third-order valence-electron chi connectivity index (χ3n) is 4.01. The maximum absolute atomic E-state index is 11.7.